The van der Waals surface area contributed by atoms with Gasteiger partial charge >= 0.3 is 0 Å². The summed E-state index contributed by atoms with van der Waals surface area (Å²) in [5.41, 5.74) is 17.0. The van der Waals surface area contributed by atoms with Crippen molar-refractivity contribution in [3.63, 3.8) is 0 Å². The van der Waals surface area contributed by atoms with Gasteiger partial charge < -0.3 is 9.80 Å². The van der Waals surface area contributed by atoms with E-state index < -0.39 is 0 Å². The molecule has 13 rings (SSSR count). The van der Waals surface area contributed by atoms with E-state index in [1.807, 2.05) is 6.20 Å². The van der Waals surface area contributed by atoms with Gasteiger partial charge in [0.05, 0.1) is 5.69 Å². The molecule has 10 aromatic carbocycles. The molecule has 11 aromatic rings. The Bertz CT molecular complexity index is 3530. The van der Waals surface area contributed by atoms with Gasteiger partial charge in [0.2, 0.25) is 0 Å². The molecule has 1 aromatic heterocycles. The van der Waals surface area contributed by atoms with Crippen molar-refractivity contribution >= 4 is 77.2 Å². The maximum absolute atomic E-state index is 5.28. The van der Waals surface area contributed by atoms with Crippen molar-refractivity contribution in [2.24, 2.45) is 0 Å². The first-order chi connectivity index (χ1) is 30.7. The second kappa shape index (κ2) is 13.8. The Labute approximate surface area is 360 Å². The molecule has 3 nitrogen and oxygen atoms in total. The van der Waals surface area contributed by atoms with Crippen LogP contribution in [0.15, 0.2) is 212 Å². The highest BCUT2D eigenvalue weighted by Crippen LogP contribution is 2.51. The van der Waals surface area contributed by atoms with Gasteiger partial charge in [-0.25, -0.2) is 0 Å². The van der Waals surface area contributed by atoms with E-state index in [-0.39, 0.29) is 0 Å². The SMILES string of the molecule is c1ccc2c(c1)Cc1ccccc1N2c1ccc2c(-c3nccc4ccccc34)c3cc(N4c5ccccc5Cc5ccccc54)ccc3c(-c3ccc4ccccc4c3)c2c1. The Hall–Kier alpha value is -8.01. The van der Waals surface area contributed by atoms with E-state index >= 15 is 0 Å². The minimum absolute atomic E-state index is 0.909. The Balaban J connectivity index is 1.16. The smallest absolute Gasteiger partial charge is 0.0792 e. The Morgan fingerprint density at radius 3 is 1.37 bits per heavy atom. The fraction of sp³-hybridized carbons (Fsp3) is 0.0339. The van der Waals surface area contributed by atoms with Gasteiger partial charge in [-0.05, 0) is 132 Å². The Kier molecular flexibility index (Phi) is 7.73. The van der Waals surface area contributed by atoms with E-state index in [0.29, 0.717) is 0 Å². The van der Waals surface area contributed by atoms with E-state index in [2.05, 4.69) is 216 Å². The van der Waals surface area contributed by atoms with Crippen molar-refractivity contribution < 1.29 is 0 Å². The van der Waals surface area contributed by atoms with E-state index in [1.165, 1.54) is 93.8 Å². The molecule has 0 N–H and O–H groups in total. The number of hydrogen-bond donors (Lipinski definition) is 0. The monoisotopic (exact) mass is 789 g/mol. The average Bonchev–Trinajstić information content (AvgIpc) is 3.33. The van der Waals surface area contributed by atoms with Crippen molar-refractivity contribution in [3.05, 3.63) is 235 Å². The lowest BCUT2D eigenvalue weighted by Crippen LogP contribution is -2.18. The first-order valence-corrected chi connectivity index (χ1v) is 21.5. The Morgan fingerprint density at radius 2 is 0.790 bits per heavy atom. The highest BCUT2D eigenvalue weighted by atomic mass is 15.2. The number of nitrogens with zero attached hydrogens (tertiary/aromatic N) is 3. The van der Waals surface area contributed by atoms with Crippen LogP contribution >= 0.6 is 0 Å². The minimum Gasteiger partial charge on any atom is -0.310 e. The lowest BCUT2D eigenvalue weighted by molar-refractivity contribution is 1.09. The third-order valence-electron chi connectivity index (χ3n) is 13.2. The fourth-order valence-corrected chi connectivity index (χ4v) is 10.5. The van der Waals surface area contributed by atoms with Crippen molar-refractivity contribution in [2.45, 2.75) is 12.8 Å². The molecule has 0 radical (unpaired) electrons. The number of anilines is 6. The molecule has 0 fully saturated rings. The summed E-state index contributed by atoms with van der Waals surface area (Å²) in [6.07, 6.45) is 3.80. The van der Waals surface area contributed by atoms with Crippen molar-refractivity contribution in [1.82, 2.24) is 4.98 Å². The van der Waals surface area contributed by atoms with Gasteiger partial charge in [-0.3, -0.25) is 4.98 Å². The molecule has 62 heavy (non-hydrogen) atoms. The van der Waals surface area contributed by atoms with Gasteiger partial charge in [0, 0.05) is 64.1 Å². The van der Waals surface area contributed by atoms with Gasteiger partial charge in [0.1, 0.15) is 0 Å². The van der Waals surface area contributed by atoms with Crippen LogP contribution in [-0.4, -0.2) is 4.98 Å². The molecule has 0 atom stereocenters. The third-order valence-corrected chi connectivity index (χ3v) is 13.2. The zero-order valence-electron chi connectivity index (χ0n) is 34.0. The topological polar surface area (TPSA) is 19.4 Å². The van der Waals surface area contributed by atoms with Gasteiger partial charge in [-0.1, -0.05) is 146 Å². The summed E-state index contributed by atoms with van der Waals surface area (Å²) in [5.74, 6) is 0. The molecule has 3 heteroatoms. The Morgan fingerprint density at radius 1 is 0.323 bits per heavy atom. The summed E-state index contributed by atoms with van der Waals surface area (Å²) in [6, 6.07) is 76.2. The number of hydrogen-bond acceptors (Lipinski definition) is 3. The van der Waals surface area contributed by atoms with Crippen LogP contribution < -0.4 is 9.80 Å². The van der Waals surface area contributed by atoms with Gasteiger partial charge in [-0.15, -0.1) is 0 Å². The van der Waals surface area contributed by atoms with Crippen LogP contribution in [0.5, 0.6) is 0 Å². The second-order valence-corrected chi connectivity index (χ2v) is 16.7. The molecular weight excluding hydrogens is 751 g/mol. The van der Waals surface area contributed by atoms with Crippen LogP contribution in [0.25, 0.3) is 65.5 Å². The third kappa shape index (κ3) is 5.35. The number of para-hydroxylation sites is 4. The van der Waals surface area contributed by atoms with Crippen LogP contribution in [0.4, 0.5) is 34.1 Å². The van der Waals surface area contributed by atoms with E-state index in [9.17, 15) is 0 Å². The molecule has 290 valence electrons. The summed E-state index contributed by atoms with van der Waals surface area (Å²) in [5, 5.41) is 9.48. The predicted octanol–water partition coefficient (Wildman–Crippen LogP) is 15.8. The molecule has 0 unspecified atom stereocenters. The van der Waals surface area contributed by atoms with Crippen molar-refractivity contribution in [2.75, 3.05) is 9.80 Å². The van der Waals surface area contributed by atoms with Crippen LogP contribution in [0.1, 0.15) is 22.3 Å². The van der Waals surface area contributed by atoms with Crippen molar-refractivity contribution in [1.29, 1.82) is 0 Å². The van der Waals surface area contributed by atoms with E-state index in [1.54, 1.807) is 0 Å². The molecule has 0 aliphatic carbocycles. The lowest BCUT2D eigenvalue weighted by Gasteiger charge is -2.34. The van der Waals surface area contributed by atoms with Crippen LogP contribution in [0.2, 0.25) is 0 Å². The summed E-state index contributed by atoms with van der Waals surface area (Å²) < 4.78 is 0. The number of rotatable bonds is 4. The molecule has 2 aliphatic rings. The number of benzene rings is 10. The van der Waals surface area contributed by atoms with Gasteiger partial charge in [-0.2, -0.15) is 0 Å². The molecule has 0 saturated carbocycles. The maximum atomic E-state index is 5.28. The maximum Gasteiger partial charge on any atom is 0.0792 e. The number of fused-ring (bicyclic) bond motifs is 8. The molecule has 2 aliphatic heterocycles. The number of aromatic nitrogens is 1. The minimum atomic E-state index is 0.909. The zero-order chi connectivity index (χ0) is 40.7. The summed E-state index contributed by atoms with van der Waals surface area (Å²) >= 11 is 0. The first-order valence-electron chi connectivity index (χ1n) is 21.5. The zero-order valence-corrected chi connectivity index (χ0v) is 34.0. The average molecular weight is 790 g/mol. The first kappa shape index (κ1) is 34.8. The largest absolute Gasteiger partial charge is 0.310 e. The van der Waals surface area contributed by atoms with E-state index in [0.717, 1.165) is 40.9 Å². The molecular formula is C59H39N3. The summed E-state index contributed by atoms with van der Waals surface area (Å²) in [6.45, 7) is 0. The fourth-order valence-electron chi connectivity index (χ4n) is 10.5. The quantitative estimate of drug-likeness (QED) is 0.166. The molecule has 0 amide bonds. The highest BCUT2D eigenvalue weighted by molar-refractivity contribution is 6.24. The molecule has 3 heterocycles. The van der Waals surface area contributed by atoms with Crippen molar-refractivity contribution in [3.8, 4) is 22.4 Å². The van der Waals surface area contributed by atoms with Gasteiger partial charge in [0.25, 0.3) is 0 Å². The molecule has 0 saturated heterocycles. The van der Waals surface area contributed by atoms with Crippen LogP contribution in [0, 0.1) is 0 Å². The van der Waals surface area contributed by atoms with E-state index in [4.69, 9.17) is 4.98 Å². The second-order valence-electron chi connectivity index (χ2n) is 16.7. The predicted molar refractivity (Wildman–Crippen MR) is 260 cm³/mol. The highest BCUT2D eigenvalue weighted by Gasteiger charge is 2.28. The normalized spacial score (nSPS) is 13.0. The standard InChI is InChI=1S/C59H39N3/c1-2-15-40-33-45(26-25-38(40)13-1)57-49-29-27-47(62-55-23-11-6-18-43(55)35-44-19-7-12-24-56(44)62)37-52(49)58(59-48-20-8-3-14-39(48)31-32-60-59)50-30-28-46(36-51(50)57)61-53-21-9-4-16-41(53)34-42-17-5-10-22-54(42)61/h1-33,36-37H,34-35H2. The van der Waals surface area contributed by atoms with Crippen LogP contribution in [0.3, 0.4) is 0 Å². The molecule has 0 spiro atoms. The van der Waals surface area contributed by atoms with Crippen LogP contribution in [-0.2, 0) is 12.8 Å². The lowest BCUT2D eigenvalue weighted by atomic mass is 9.85. The summed E-state index contributed by atoms with van der Waals surface area (Å²) in [7, 11) is 0. The summed E-state index contributed by atoms with van der Waals surface area (Å²) in [4.78, 5) is 10.2. The van der Waals surface area contributed by atoms with Gasteiger partial charge in [0.15, 0.2) is 0 Å². The molecule has 0 bridgehead atoms. The number of pyridine rings is 1.